The summed E-state index contributed by atoms with van der Waals surface area (Å²) in [6.45, 7) is 3.92. The van der Waals surface area contributed by atoms with E-state index in [-0.39, 0.29) is 11.8 Å². The van der Waals surface area contributed by atoms with Crippen LogP contribution in [0.15, 0.2) is 18.2 Å². The standard InChI is InChI=1S/C14H18ClN3O2/c1-10(19)17-6-3-7-18(9-8-17)14(20)11-4-2-5-12(16)13(11)15/h2,4-5H,3,6-9,16H2,1H3. The summed E-state index contributed by atoms with van der Waals surface area (Å²) in [4.78, 5) is 27.4. The van der Waals surface area contributed by atoms with Crippen molar-refractivity contribution >= 4 is 29.1 Å². The van der Waals surface area contributed by atoms with E-state index >= 15 is 0 Å². The monoisotopic (exact) mass is 295 g/mol. The number of nitrogens with zero attached hydrogens (tertiary/aromatic N) is 2. The Morgan fingerprint density at radius 2 is 1.80 bits per heavy atom. The maximum Gasteiger partial charge on any atom is 0.255 e. The first-order valence-corrected chi connectivity index (χ1v) is 6.97. The van der Waals surface area contributed by atoms with Crippen LogP contribution < -0.4 is 5.73 Å². The molecule has 0 aliphatic carbocycles. The number of anilines is 1. The van der Waals surface area contributed by atoms with Crippen LogP contribution in [0.5, 0.6) is 0 Å². The third-order valence-electron chi connectivity index (χ3n) is 3.49. The molecule has 1 aromatic carbocycles. The number of hydrogen-bond donors (Lipinski definition) is 1. The minimum absolute atomic E-state index is 0.0429. The Kier molecular flexibility index (Phi) is 4.49. The first-order valence-electron chi connectivity index (χ1n) is 6.59. The normalized spacial score (nSPS) is 15.9. The van der Waals surface area contributed by atoms with Crippen molar-refractivity contribution < 1.29 is 9.59 Å². The van der Waals surface area contributed by atoms with Crippen molar-refractivity contribution in [1.29, 1.82) is 0 Å². The predicted octanol–water partition coefficient (Wildman–Crippen LogP) is 1.62. The van der Waals surface area contributed by atoms with Gasteiger partial charge in [0.15, 0.2) is 0 Å². The lowest BCUT2D eigenvalue weighted by molar-refractivity contribution is -0.128. The zero-order chi connectivity index (χ0) is 14.7. The summed E-state index contributed by atoms with van der Waals surface area (Å²) in [6.07, 6.45) is 0.769. The number of halogens is 1. The van der Waals surface area contributed by atoms with Gasteiger partial charge in [0.2, 0.25) is 5.91 Å². The summed E-state index contributed by atoms with van der Waals surface area (Å²) in [7, 11) is 0. The van der Waals surface area contributed by atoms with Gasteiger partial charge in [0, 0.05) is 33.1 Å². The SMILES string of the molecule is CC(=O)N1CCCN(C(=O)c2cccc(N)c2Cl)CC1. The van der Waals surface area contributed by atoms with Crippen molar-refractivity contribution in [2.24, 2.45) is 0 Å². The molecule has 1 fully saturated rings. The van der Waals surface area contributed by atoms with Crippen molar-refractivity contribution in [3.63, 3.8) is 0 Å². The molecule has 0 atom stereocenters. The summed E-state index contributed by atoms with van der Waals surface area (Å²) in [6, 6.07) is 5.06. The lowest BCUT2D eigenvalue weighted by Crippen LogP contribution is -2.36. The van der Waals surface area contributed by atoms with Gasteiger partial charge in [-0.25, -0.2) is 0 Å². The molecule has 0 bridgehead atoms. The number of rotatable bonds is 1. The van der Waals surface area contributed by atoms with Crippen LogP contribution in [-0.4, -0.2) is 47.8 Å². The first kappa shape index (κ1) is 14.7. The largest absolute Gasteiger partial charge is 0.398 e. The van der Waals surface area contributed by atoms with E-state index in [9.17, 15) is 9.59 Å². The van der Waals surface area contributed by atoms with Crippen LogP contribution in [0.25, 0.3) is 0 Å². The lowest BCUT2D eigenvalue weighted by atomic mass is 10.1. The third kappa shape index (κ3) is 3.04. The van der Waals surface area contributed by atoms with Gasteiger partial charge in [-0.15, -0.1) is 0 Å². The number of amides is 2. The summed E-state index contributed by atoms with van der Waals surface area (Å²) in [5, 5.41) is 0.296. The van der Waals surface area contributed by atoms with Crippen molar-refractivity contribution in [3.8, 4) is 0 Å². The molecular formula is C14H18ClN3O2. The highest BCUT2D eigenvalue weighted by molar-refractivity contribution is 6.36. The molecular weight excluding hydrogens is 278 g/mol. The highest BCUT2D eigenvalue weighted by Crippen LogP contribution is 2.24. The average Bonchev–Trinajstić information content (AvgIpc) is 2.67. The number of nitrogens with two attached hydrogens (primary N) is 1. The van der Waals surface area contributed by atoms with Crippen LogP contribution in [-0.2, 0) is 4.79 Å². The molecule has 1 aromatic rings. The summed E-state index contributed by atoms with van der Waals surface area (Å²) < 4.78 is 0. The van der Waals surface area contributed by atoms with Gasteiger partial charge < -0.3 is 15.5 Å². The van der Waals surface area contributed by atoms with Gasteiger partial charge in [0.25, 0.3) is 5.91 Å². The number of carbonyl (C=O) groups is 2. The van der Waals surface area contributed by atoms with E-state index in [2.05, 4.69) is 0 Å². The van der Waals surface area contributed by atoms with Crippen LogP contribution in [0.2, 0.25) is 5.02 Å². The zero-order valence-electron chi connectivity index (χ0n) is 11.4. The molecule has 0 saturated carbocycles. The molecule has 1 aliphatic heterocycles. The number of benzene rings is 1. The van der Waals surface area contributed by atoms with E-state index in [1.54, 1.807) is 34.9 Å². The Morgan fingerprint density at radius 3 is 2.50 bits per heavy atom. The topological polar surface area (TPSA) is 66.6 Å². The first-order chi connectivity index (χ1) is 9.50. The molecule has 108 valence electrons. The van der Waals surface area contributed by atoms with E-state index in [1.165, 1.54) is 0 Å². The van der Waals surface area contributed by atoms with E-state index in [0.29, 0.717) is 42.5 Å². The third-order valence-corrected chi connectivity index (χ3v) is 3.91. The van der Waals surface area contributed by atoms with Gasteiger partial charge in [-0.05, 0) is 18.6 Å². The zero-order valence-corrected chi connectivity index (χ0v) is 12.2. The fourth-order valence-corrected chi connectivity index (χ4v) is 2.53. The van der Waals surface area contributed by atoms with Gasteiger partial charge >= 0.3 is 0 Å². The second kappa shape index (κ2) is 6.13. The van der Waals surface area contributed by atoms with Crippen molar-refractivity contribution in [3.05, 3.63) is 28.8 Å². The Bertz CT molecular complexity index is 533. The Hall–Kier alpha value is -1.75. The minimum atomic E-state index is -0.132. The lowest BCUT2D eigenvalue weighted by Gasteiger charge is -2.22. The Morgan fingerprint density at radius 1 is 1.15 bits per heavy atom. The number of carbonyl (C=O) groups excluding carboxylic acids is 2. The molecule has 2 rings (SSSR count). The quantitative estimate of drug-likeness (QED) is 0.801. The molecule has 2 N–H and O–H groups in total. The maximum atomic E-state index is 12.5. The molecule has 0 aromatic heterocycles. The van der Waals surface area contributed by atoms with Gasteiger partial charge in [-0.3, -0.25) is 9.59 Å². The molecule has 1 aliphatic rings. The molecule has 5 nitrogen and oxygen atoms in total. The molecule has 1 heterocycles. The average molecular weight is 296 g/mol. The van der Waals surface area contributed by atoms with Gasteiger partial charge in [0.05, 0.1) is 16.3 Å². The van der Waals surface area contributed by atoms with E-state index in [4.69, 9.17) is 17.3 Å². The van der Waals surface area contributed by atoms with Crippen molar-refractivity contribution in [2.75, 3.05) is 31.9 Å². The highest BCUT2D eigenvalue weighted by atomic mass is 35.5. The molecule has 20 heavy (non-hydrogen) atoms. The van der Waals surface area contributed by atoms with E-state index in [0.717, 1.165) is 6.42 Å². The van der Waals surface area contributed by atoms with E-state index in [1.807, 2.05) is 0 Å². The molecule has 6 heteroatoms. The summed E-state index contributed by atoms with van der Waals surface area (Å²) in [5.74, 6) is -0.0889. The number of nitrogen functional groups attached to an aromatic ring is 1. The van der Waals surface area contributed by atoms with Gasteiger partial charge in [0.1, 0.15) is 0 Å². The second-order valence-electron chi connectivity index (χ2n) is 4.86. The van der Waals surface area contributed by atoms with Gasteiger partial charge in [-0.1, -0.05) is 17.7 Å². The molecule has 0 unspecified atom stereocenters. The minimum Gasteiger partial charge on any atom is -0.398 e. The second-order valence-corrected chi connectivity index (χ2v) is 5.24. The van der Waals surface area contributed by atoms with Crippen molar-refractivity contribution in [2.45, 2.75) is 13.3 Å². The predicted molar refractivity (Wildman–Crippen MR) is 78.6 cm³/mol. The summed E-state index contributed by atoms with van der Waals surface area (Å²) >= 11 is 6.09. The fraction of sp³-hybridized carbons (Fsp3) is 0.429. The summed E-state index contributed by atoms with van der Waals surface area (Å²) in [5.41, 5.74) is 6.55. The molecule has 0 radical (unpaired) electrons. The Balaban J connectivity index is 2.13. The van der Waals surface area contributed by atoms with Crippen LogP contribution in [0.4, 0.5) is 5.69 Å². The fourth-order valence-electron chi connectivity index (χ4n) is 2.32. The maximum absolute atomic E-state index is 12.5. The Labute approximate surface area is 123 Å². The molecule has 1 saturated heterocycles. The van der Waals surface area contributed by atoms with Gasteiger partial charge in [-0.2, -0.15) is 0 Å². The van der Waals surface area contributed by atoms with E-state index < -0.39 is 0 Å². The van der Waals surface area contributed by atoms with Crippen LogP contribution in [0.1, 0.15) is 23.7 Å². The smallest absolute Gasteiger partial charge is 0.255 e. The molecule has 2 amide bonds. The number of hydrogen-bond acceptors (Lipinski definition) is 3. The molecule has 0 spiro atoms. The van der Waals surface area contributed by atoms with Crippen LogP contribution in [0.3, 0.4) is 0 Å². The van der Waals surface area contributed by atoms with Crippen LogP contribution >= 0.6 is 11.6 Å². The van der Waals surface area contributed by atoms with Crippen molar-refractivity contribution in [1.82, 2.24) is 9.80 Å². The highest BCUT2D eigenvalue weighted by Gasteiger charge is 2.23. The van der Waals surface area contributed by atoms with Crippen LogP contribution in [0, 0.1) is 0 Å².